The number of rotatable bonds is 5. The van der Waals surface area contributed by atoms with Gasteiger partial charge in [0.2, 0.25) is 5.88 Å². The number of carbonyl (C=O) groups excluding carboxylic acids is 2. The Labute approximate surface area is 158 Å². The molecule has 0 spiro atoms. The second-order valence-corrected chi connectivity index (χ2v) is 5.97. The molecule has 1 N–H and O–H groups in total. The summed E-state index contributed by atoms with van der Waals surface area (Å²) in [7, 11) is 1.64. The van der Waals surface area contributed by atoms with Crippen molar-refractivity contribution in [2.45, 2.75) is 6.18 Å². The number of hydrogen-bond donors (Lipinski definition) is 1. The monoisotopic (exact) mass is 388 g/mol. The largest absolute Gasteiger partial charge is 0.416 e. The lowest BCUT2D eigenvalue weighted by atomic mass is 9.98. The Hall–Kier alpha value is -3.55. The van der Waals surface area contributed by atoms with Gasteiger partial charge in [-0.05, 0) is 29.3 Å². The maximum absolute atomic E-state index is 12.8. The van der Waals surface area contributed by atoms with Gasteiger partial charge in [-0.3, -0.25) is 9.59 Å². The van der Waals surface area contributed by atoms with Crippen molar-refractivity contribution >= 4 is 18.1 Å². The van der Waals surface area contributed by atoms with E-state index in [1.807, 2.05) is 0 Å². The molecule has 8 heteroatoms. The average Bonchev–Trinajstić information content (AvgIpc) is 3.00. The van der Waals surface area contributed by atoms with E-state index in [0.29, 0.717) is 22.4 Å². The lowest BCUT2D eigenvalue weighted by Crippen LogP contribution is -2.12. The first-order chi connectivity index (χ1) is 13.3. The minimum atomic E-state index is -4.43. The Balaban J connectivity index is 1.88. The lowest BCUT2D eigenvalue weighted by Gasteiger charge is -2.11. The zero-order chi connectivity index (χ0) is 20.3. The Bertz CT molecular complexity index is 1010. The van der Waals surface area contributed by atoms with Crippen LogP contribution in [0.4, 0.5) is 18.9 Å². The molecule has 1 aromatic heterocycles. The molecule has 0 radical (unpaired) electrons. The van der Waals surface area contributed by atoms with Gasteiger partial charge in [-0.1, -0.05) is 30.3 Å². The quantitative estimate of drug-likeness (QED) is 0.655. The number of benzene rings is 2. The number of carbonyl (C=O) groups is 2. The molecule has 0 saturated carbocycles. The van der Waals surface area contributed by atoms with Crippen molar-refractivity contribution in [1.29, 1.82) is 0 Å². The number of halogens is 3. The molecule has 0 aliphatic heterocycles. The molecule has 1 heterocycles. The van der Waals surface area contributed by atoms with Crippen molar-refractivity contribution in [2.75, 3.05) is 5.32 Å². The van der Waals surface area contributed by atoms with Crippen LogP contribution in [0.3, 0.4) is 0 Å². The van der Waals surface area contributed by atoms with Gasteiger partial charge in [0.15, 0.2) is 0 Å². The number of amides is 1. The Kier molecular flexibility index (Phi) is 5.21. The Morgan fingerprint density at radius 2 is 1.79 bits per heavy atom. The first kappa shape index (κ1) is 19.2. The van der Waals surface area contributed by atoms with Gasteiger partial charge in [0.25, 0.3) is 12.4 Å². The van der Waals surface area contributed by atoms with Crippen LogP contribution in [0, 0.1) is 0 Å². The van der Waals surface area contributed by atoms with Gasteiger partial charge >= 0.3 is 6.18 Å². The van der Waals surface area contributed by atoms with Crippen LogP contribution in [0.25, 0.3) is 11.1 Å². The van der Waals surface area contributed by atoms with Crippen molar-refractivity contribution in [3.05, 3.63) is 71.9 Å². The molecule has 2 aromatic carbocycles. The first-order valence-electron chi connectivity index (χ1n) is 8.14. The highest BCUT2D eigenvalue weighted by Gasteiger charge is 2.30. The van der Waals surface area contributed by atoms with E-state index in [4.69, 9.17) is 4.74 Å². The minimum Gasteiger partial charge on any atom is -0.411 e. The molecule has 0 bridgehead atoms. The number of alkyl halides is 3. The maximum atomic E-state index is 12.8. The molecular weight excluding hydrogens is 373 g/mol. The standard InChI is InChI=1S/C20H15F3N2O3/c1-25-11-15(10-18(25)28-12-26)24-19(27)17-5-3-2-4-16(17)13-6-8-14(9-7-13)20(21,22)23/h2-12H,1H3,(H,24,27). The van der Waals surface area contributed by atoms with E-state index >= 15 is 0 Å². The smallest absolute Gasteiger partial charge is 0.411 e. The number of anilines is 1. The number of aryl methyl sites for hydroxylation is 1. The highest BCUT2D eigenvalue weighted by Crippen LogP contribution is 2.32. The molecule has 5 nitrogen and oxygen atoms in total. The van der Waals surface area contributed by atoms with Crippen LogP contribution < -0.4 is 10.1 Å². The van der Waals surface area contributed by atoms with Gasteiger partial charge in [-0.25, -0.2) is 0 Å². The fraction of sp³-hybridized carbons (Fsp3) is 0.100. The number of nitrogens with zero attached hydrogens (tertiary/aromatic N) is 1. The SMILES string of the molecule is Cn1cc(NC(=O)c2ccccc2-c2ccc(C(F)(F)F)cc2)cc1OC=O. The van der Waals surface area contributed by atoms with Gasteiger partial charge < -0.3 is 14.6 Å². The molecule has 0 aliphatic rings. The van der Waals surface area contributed by atoms with Gasteiger partial charge in [0, 0.05) is 24.9 Å². The molecule has 0 unspecified atom stereocenters. The van der Waals surface area contributed by atoms with E-state index < -0.39 is 17.6 Å². The second-order valence-electron chi connectivity index (χ2n) is 5.97. The van der Waals surface area contributed by atoms with Crippen LogP contribution in [-0.2, 0) is 18.0 Å². The summed E-state index contributed by atoms with van der Waals surface area (Å²) in [5.74, 6) is -0.194. The minimum absolute atomic E-state index is 0.251. The molecule has 28 heavy (non-hydrogen) atoms. The van der Waals surface area contributed by atoms with Crippen molar-refractivity contribution in [2.24, 2.45) is 7.05 Å². The van der Waals surface area contributed by atoms with Crippen molar-refractivity contribution in [3.63, 3.8) is 0 Å². The zero-order valence-corrected chi connectivity index (χ0v) is 14.7. The number of hydrogen-bond acceptors (Lipinski definition) is 3. The third kappa shape index (κ3) is 4.06. The summed E-state index contributed by atoms with van der Waals surface area (Å²) in [6.07, 6.45) is -2.86. The fourth-order valence-electron chi connectivity index (χ4n) is 2.75. The van der Waals surface area contributed by atoms with Crippen molar-refractivity contribution < 1.29 is 27.5 Å². The van der Waals surface area contributed by atoms with Crippen LogP contribution in [0.2, 0.25) is 0 Å². The predicted octanol–water partition coefficient (Wildman–Crippen LogP) is 4.50. The van der Waals surface area contributed by atoms with Gasteiger partial charge in [0.05, 0.1) is 11.3 Å². The molecule has 3 aromatic rings. The number of ether oxygens (including phenoxy) is 1. The molecular formula is C20H15F3N2O3. The van der Waals surface area contributed by atoms with Crippen LogP contribution in [0.5, 0.6) is 5.88 Å². The molecule has 3 rings (SSSR count). The summed E-state index contributed by atoms with van der Waals surface area (Å²) >= 11 is 0. The normalized spacial score (nSPS) is 11.1. The van der Waals surface area contributed by atoms with Gasteiger partial charge in [0.1, 0.15) is 0 Å². The number of aromatic nitrogens is 1. The van der Waals surface area contributed by atoms with E-state index in [9.17, 15) is 22.8 Å². The van der Waals surface area contributed by atoms with E-state index in [-0.39, 0.29) is 12.4 Å². The third-order valence-corrected chi connectivity index (χ3v) is 4.08. The van der Waals surface area contributed by atoms with E-state index in [0.717, 1.165) is 12.1 Å². The summed E-state index contributed by atoms with van der Waals surface area (Å²) in [5, 5.41) is 2.69. The van der Waals surface area contributed by atoms with Crippen LogP contribution in [-0.4, -0.2) is 16.9 Å². The maximum Gasteiger partial charge on any atom is 0.416 e. The van der Waals surface area contributed by atoms with Gasteiger partial charge in [-0.15, -0.1) is 0 Å². The summed E-state index contributed by atoms with van der Waals surface area (Å²) in [6.45, 7) is 0.279. The Morgan fingerprint density at radius 3 is 2.43 bits per heavy atom. The average molecular weight is 388 g/mol. The zero-order valence-electron chi connectivity index (χ0n) is 14.7. The first-order valence-corrected chi connectivity index (χ1v) is 8.14. The molecule has 0 fully saturated rings. The third-order valence-electron chi connectivity index (χ3n) is 4.08. The van der Waals surface area contributed by atoms with Crippen molar-refractivity contribution in [3.8, 4) is 17.0 Å². The fourth-order valence-corrected chi connectivity index (χ4v) is 2.75. The summed E-state index contributed by atoms with van der Waals surface area (Å²) < 4.78 is 44.6. The van der Waals surface area contributed by atoms with E-state index in [2.05, 4.69) is 5.32 Å². The highest BCUT2D eigenvalue weighted by molar-refractivity contribution is 6.08. The highest BCUT2D eigenvalue weighted by atomic mass is 19.4. The second kappa shape index (κ2) is 7.59. The topological polar surface area (TPSA) is 60.3 Å². The molecule has 0 aliphatic carbocycles. The summed E-state index contributed by atoms with van der Waals surface area (Å²) in [6, 6.07) is 12.7. The number of nitrogens with one attached hydrogen (secondary N) is 1. The molecule has 0 saturated heterocycles. The van der Waals surface area contributed by atoms with Crippen LogP contribution in [0.1, 0.15) is 15.9 Å². The Morgan fingerprint density at radius 1 is 1.11 bits per heavy atom. The van der Waals surface area contributed by atoms with Gasteiger partial charge in [-0.2, -0.15) is 13.2 Å². The van der Waals surface area contributed by atoms with E-state index in [1.54, 1.807) is 37.5 Å². The summed E-state index contributed by atoms with van der Waals surface area (Å²) in [5.41, 5.74) is 0.923. The lowest BCUT2D eigenvalue weighted by molar-refractivity contribution is -0.137. The molecule has 1 amide bonds. The van der Waals surface area contributed by atoms with E-state index in [1.165, 1.54) is 22.8 Å². The van der Waals surface area contributed by atoms with Crippen molar-refractivity contribution in [1.82, 2.24) is 4.57 Å². The molecule has 0 atom stereocenters. The van der Waals surface area contributed by atoms with Crippen LogP contribution >= 0.6 is 0 Å². The predicted molar refractivity (Wildman–Crippen MR) is 96.9 cm³/mol. The molecule has 144 valence electrons. The van der Waals surface area contributed by atoms with Crippen LogP contribution in [0.15, 0.2) is 60.8 Å². The summed E-state index contributed by atoms with van der Waals surface area (Å²) in [4.78, 5) is 23.2.